The van der Waals surface area contributed by atoms with E-state index in [2.05, 4.69) is 25.2 Å². The van der Waals surface area contributed by atoms with Gasteiger partial charge in [0.15, 0.2) is 0 Å². The van der Waals surface area contributed by atoms with E-state index < -0.39 is 5.82 Å². The number of rotatable bonds is 4. The Morgan fingerprint density at radius 3 is 2.55 bits per heavy atom. The van der Waals surface area contributed by atoms with Gasteiger partial charge in [0.2, 0.25) is 0 Å². The number of hydrogen-bond acceptors (Lipinski definition) is 6. The van der Waals surface area contributed by atoms with E-state index in [0.717, 1.165) is 11.9 Å². The normalized spacial score (nSPS) is 14.0. The average molecular weight is 413 g/mol. The van der Waals surface area contributed by atoms with Crippen LogP contribution in [0.5, 0.6) is 0 Å². The molecule has 1 aromatic carbocycles. The van der Waals surface area contributed by atoms with Gasteiger partial charge in [-0.05, 0) is 30.3 Å². The molecule has 4 rings (SSSR count). The van der Waals surface area contributed by atoms with Gasteiger partial charge in [-0.1, -0.05) is 17.7 Å². The molecule has 1 fully saturated rings. The van der Waals surface area contributed by atoms with Crippen LogP contribution in [0.15, 0.2) is 55.0 Å². The number of carbonyl (C=O) groups is 1. The molecule has 9 heteroatoms. The summed E-state index contributed by atoms with van der Waals surface area (Å²) in [5.41, 5.74) is 0.311. The van der Waals surface area contributed by atoms with Crippen LogP contribution in [0.25, 0.3) is 0 Å². The molecule has 1 aliphatic rings. The first-order valence-corrected chi connectivity index (χ1v) is 9.47. The Morgan fingerprint density at radius 2 is 1.83 bits per heavy atom. The van der Waals surface area contributed by atoms with Gasteiger partial charge >= 0.3 is 0 Å². The first-order valence-electron chi connectivity index (χ1n) is 9.09. The van der Waals surface area contributed by atoms with Crippen molar-refractivity contribution < 1.29 is 9.18 Å². The highest BCUT2D eigenvalue weighted by atomic mass is 35.5. The lowest BCUT2D eigenvalue weighted by Crippen LogP contribution is -2.49. The van der Waals surface area contributed by atoms with Crippen molar-refractivity contribution in [1.29, 1.82) is 0 Å². The molecule has 0 aliphatic carbocycles. The Labute approximate surface area is 172 Å². The molecule has 0 unspecified atom stereocenters. The molecule has 148 valence electrons. The van der Waals surface area contributed by atoms with E-state index in [1.54, 1.807) is 11.1 Å². The third-order valence-electron chi connectivity index (χ3n) is 4.63. The van der Waals surface area contributed by atoms with E-state index in [4.69, 9.17) is 11.6 Å². The topological polar surface area (TPSA) is 74.2 Å². The van der Waals surface area contributed by atoms with Gasteiger partial charge in [-0.25, -0.2) is 19.3 Å². The van der Waals surface area contributed by atoms with Crippen molar-refractivity contribution in [2.24, 2.45) is 0 Å². The summed E-state index contributed by atoms with van der Waals surface area (Å²) in [5.74, 6) is 1.45. The Hall–Kier alpha value is -3.26. The van der Waals surface area contributed by atoms with Crippen molar-refractivity contribution in [2.75, 3.05) is 36.4 Å². The SMILES string of the molecule is O=C(c1ccc(F)cc1Cl)N1CCN(c2cc(Nc3ccccn3)ncn2)CC1. The summed E-state index contributed by atoms with van der Waals surface area (Å²) in [4.78, 5) is 29.3. The van der Waals surface area contributed by atoms with Gasteiger partial charge in [-0.2, -0.15) is 0 Å². The summed E-state index contributed by atoms with van der Waals surface area (Å²) >= 11 is 6.03. The predicted molar refractivity (Wildman–Crippen MR) is 109 cm³/mol. The van der Waals surface area contributed by atoms with Gasteiger partial charge in [0, 0.05) is 38.4 Å². The number of nitrogens with zero attached hydrogens (tertiary/aromatic N) is 5. The molecule has 29 heavy (non-hydrogen) atoms. The van der Waals surface area contributed by atoms with Crippen molar-refractivity contribution in [2.45, 2.75) is 0 Å². The van der Waals surface area contributed by atoms with Crippen LogP contribution < -0.4 is 10.2 Å². The monoisotopic (exact) mass is 412 g/mol. The molecule has 0 atom stereocenters. The molecule has 7 nitrogen and oxygen atoms in total. The molecule has 0 spiro atoms. The maximum atomic E-state index is 13.2. The van der Waals surface area contributed by atoms with Crippen molar-refractivity contribution in [3.63, 3.8) is 0 Å². The van der Waals surface area contributed by atoms with Crippen LogP contribution in [0.4, 0.5) is 21.8 Å². The van der Waals surface area contributed by atoms with E-state index in [1.807, 2.05) is 24.3 Å². The molecule has 0 bridgehead atoms. The summed E-state index contributed by atoms with van der Waals surface area (Å²) < 4.78 is 13.2. The predicted octanol–water partition coefficient (Wildman–Crippen LogP) is 3.37. The maximum absolute atomic E-state index is 13.2. The fourth-order valence-electron chi connectivity index (χ4n) is 3.13. The molecular formula is C20H18ClFN6O. The maximum Gasteiger partial charge on any atom is 0.255 e. The number of piperazine rings is 1. The smallest absolute Gasteiger partial charge is 0.255 e. The van der Waals surface area contributed by atoms with Gasteiger partial charge in [0.05, 0.1) is 10.6 Å². The Balaban J connectivity index is 1.40. The summed E-state index contributed by atoms with van der Waals surface area (Å²) in [6.07, 6.45) is 3.20. The number of aromatic nitrogens is 3. The zero-order valence-electron chi connectivity index (χ0n) is 15.4. The average Bonchev–Trinajstić information content (AvgIpc) is 2.74. The zero-order chi connectivity index (χ0) is 20.2. The summed E-state index contributed by atoms with van der Waals surface area (Å²) in [6.45, 7) is 2.26. The summed E-state index contributed by atoms with van der Waals surface area (Å²) in [7, 11) is 0. The van der Waals surface area contributed by atoms with Gasteiger partial charge in [-0.3, -0.25) is 4.79 Å². The van der Waals surface area contributed by atoms with Crippen LogP contribution in [0.1, 0.15) is 10.4 Å². The third kappa shape index (κ3) is 4.43. The van der Waals surface area contributed by atoms with Crippen molar-refractivity contribution in [3.05, 3.63) is 71.4 Å². The second-order valence-corrected chi connectivity index (χ2v) is 6.91. The van der Waals surface area contributed by atoms with Gasteiger partial charge < -0.3 is 15.1 Å². The first kappa shape index (κ1) is 19.1. The van der Waals surface area contributed by atoms with Crippen molar-refractivity contribution in [3.8, 4) is 0 Å². The summed E-state index contributed by atoms with van der Waals surface area (Å²) in [5, 5.41) is 3.27. The van der Waals surface area contributed by atoms with E-state index in [1.165, 1.54) is 18.5 Å². The quantitative estimate of drug-likeness (QED) is 0.708. The second-order valence-electron chi connectivity index (χ2n) is 6.50. The minimum Gasteiger partial charge on any atom is -0.353 e. The minimum atomic E-state index is -0.463. The standard InChI is InChI=1S/C20H18ClFN6O/c21-16-11-14(22)4-5-15(16)20(29)28-9-7-27(8-10-28)19-12-18(24-13-25-19)26-17-3-1-2-6-23-17/h1-6,11-13H,7-10H2,(H,23,24,25,26). The Morgan fingerprint density at radius 1 is 1.00 bits per heavy atom. The molecule has 1 amide bonds. The van der Waals surface area contributed by atoms with Crippen LogP contribution >= 0.6 is 11.6 Å². The molecule has 1 N–H and O–H groups in total. The third-order valence-corrected chi connectivity index (χ3v) is 4.94. The van der Waals surface area contributed by atoms with Crippen LogP contribution in [0.3, 0.4) is 0 Å². The number of nitrogens with one attached hydrogen (secondary N) is 1. The number of carbonyl (C=O) groups excluding carboxylic acids is 1. The van der Waals surface area contributed by atoms with Crippen LogP contribution in [-0.2, 0) is 0 Å². The van der Waals surface area contributed by atoms with Crippen molar-refractivity contribution in [1.82, 2.24) is 19.9 Å². The number of pyridine rings is 1. The molecule has 3 heterocycles. The fraction of sp³-hybridized carbons (Fsp3) is 0.200. The van der Waals surface area contributed by atoms with Gasteiger partial charge in [-0.15, -0.1) is 0 Å². The molecule has 3 aromatic rings. The highest BCUT2D eigenvalue weighted by molar-refractivity contribution is 6.33. The number of halogens is 2. The van der Waals surface area contributed by atoms with E-state index in [9.17, 15) is 9.18 Å². The van der Waals surface area contributed by atoms with Gasteiger partial charge in [0.25, 0.3) is 5.91 Å². The molecule has 0 radical (unpaired) electrons. The van der Waals surface area contributed by atoms with E-state index in [-0.39, 0.29) is 10.9 Å². The molecule has 1 aliphatic heterocycles. The fourth-order valence-corrected chi connectivity index (χ4v) is 3.38. The van der Waals surface area contributed by atoms with Crippen LogP contribution in [0, 0.1) is 5.82 Å². The van der Waals surface area contributed by atoms with Crippen LogP contribution in [0.2, 0.25) is 5.02 Å². The number of amides is 1. The Bertz CT molecular complexity index is 1010. The zero-order valence-corrected chi connectivity index (χ0v) is 16.2. The molecule has 1 saturated heterocycles. The largest absolute Gasteiger partial charge is 0.353 e. The highest BCUT2D eigenvalue weighted by Gasteiger charge is 2.24. The highest BCUT2D eigenvalue weighted by Crippen LogP contribution is 2.22. The minimum absolute atomic E-state index is 0.124. The van der Waals surface area contributed by atoms with Gasteiger partial charge in [0.1, 0.15) is 29.6 Å². The lowest BCUT2D eigenvalue weighted by Gasteiger charge is -2.35. The van der Waals surface area contributed by atoms with Crippen LogP contribution in [-0.4, -0.2) is 51.9 Å². The molecule has 2 aromatic heterocycles. The lowest BCUT2D eigenvalue weighted by atomic mass is 10.1. The number of anilines is 3. The van der Waals surface area contributed by atoms with E-state index >= 15 is 0 Å². The second kappa shape index (κ2) is 8.40. The first-order chi connectivity index (χ1) is 14.1. The Kier molecular flexibility index (Phi) is 5.53. The summed E-state index contributed by atoms with van der Waals surface area (Å²) in [6, 6.07) is 11.3. The molecule has 0 saturated carbocycles. The van der Waals surface area contributed by atoms with E-state index in [0.29, 0.717) is 43.4 Å². The number of benzene rings is 1. The lowest BCUT2D eigenvalue weighted by molar-refractivity contribution is 0.0746. The van der Waals surface area contributed by atoms with Crippen molar-refractivity contribution >= 4 is 35.0 Å². The number of hydrogen-bond donors (Lipinski definition) is 1. The molecular weight excluding hydrogens is 395 g/mol.